The molecule has 0 saturated carbocycles. The zero-order valence-corrected chi connectivity index (χ0v) is 17.0. The van der Waals surface area contributed by atoms with Gasteiger partial charge in [0.05, 0.1) is 12.3 Å². The molecule has 28 heavy (non-hydrogen) atoms. The molecule has 0 atom stereocenters. The van der Waals surface area contributed by atoms with E-state index < -0.39 is 0 Å². The number of nitrogens with two attached hydrogens (primary N) is 1. The number of aromatic nitrogens is 7. The highest BCUT2D eigenvalue weighted by atomic mass is 32.2. The number of likely N-dealkylation sites (N-methyl/N-ethyl adjacent to an activating group) is 1. The quantitative estimate of drug-likeness (QED) is 0.512. The molecule has 3 rings (SSSR count). The number of benzene rings is 1. The number of tetrazole rings is 1. The highest BCUT2D eigenvalue weighted by molar-refractivity contribution is 7.98. The Labute approximate surface area is 168 Å². The Bertz CT molecular complexity index is 910. The van der Waals surface area contributed by atoms with Crippen molar-refractivity contribution in [3.8, 4) is 0 Å². The Morgan fingerprint density at radius 3 is 2.79 bits per heavy atom. The summed E-state index contributed by atoms with van der Waals surface area (Å²) in [6.07, 6.45) is 0.905. The Balaban J connectivity index is 1.70. The van der Waals surface area contributed by atoms with Gasteiger partial charge in [0, 0.05) is 12.2 Å². The summed E-state index contributed by atoms with van der Waals surface area (Å²) in [5.74, 6) is 1.65. The summed E-state index contributed by atoms with van der Waals surface area (Å²) >= 11 is 1.46. The third-order valence-corrected chi connectivity index (χ3v) is 4.89. The lowest BCUT2D eigenvalue weighted by Crippen LogP contribution is -2.19. The molecule has 0 aliphatic carbocycles. The third-order valence-electron chi connectivity index (χ3n) is 3.93. The number of hydrogen-bond donors (Lipinski definition) is 2. The van der Waals surface area contributed by atoms with Gasteiger partial charge in [0.1, 0.15) is 5.82 Å². The smallest absolute Gasteiger partial charge is 0.232 e. The van der Waals surface area contributed by atoms with Gasteiger partial charge in [-0.05, 0) is 42.6 Å². The molecule has 0 aliphatic heterocycles. The van der Waals surface area contributed by atoms with E-state index >= 15 is 0 Å². The molecule has 11 heteroatoms. The summed E-state index contributed by atoms with van der Waals surface area (Å²) in [6.45, 7) is 3.66. The van der Waals surface area contributed by atoms with E-state index in [1.165, 1.54) is 17.3 Å². The first-order valence-corrected chi connectivity index (χ1v) is 9.92. The van der Waals surface area contributed by atoms with Gasteiger partial charge in [-0.1, -0.05) is 36.9 Å². The van der Waals surface area contributed by atoms with E-state index in [-0.39, 0.29) is 5.95 Å². The molecule has 3 aromatic rings. The summed E-state index contributed by atoms with van der Waals surface area (Å²) in [6, 6.07) is 8.04. The van der Waals surface area contributed by atoms with Crippen molar-refractivity contribution >= 4 is 29.3 Å². The standard InChI is InChI=1S/C17H24N10S/c1-4-12-7-5-6-8-13(12)19-16-21-14(20-15(18)22-16)11-28-17-23-24-25-27(17)10-9-26(2)3/h5-8H,4,9-11H2,1-3H3,(H3,18,19,20,21,22). The summed E-state index contributed by atoms with van der Waals surface area (Å²) in [5.41, 5.74) is 8.02. The monoisotopic (exact) mass is 400 g/mol. The van der Waals surface area contributed by atoms with Crippen molar-refractivity contribution in [3.05, 3.63) is 35.7 Å². The molecule has 148 valence electrons. The molecule has 0 unspecified atom stereocenters. The van der Waals surface area contributed by atoms with Gasteiger partial charge in [-0.2, -0.15) is 15.0 Å². The number of thioether (sulfide) groups is 1. The summed E-state index contributed by atoms with van der Waals surface area (Å²) in [7, 11) is 4.02. The van der Waals surface area contributed by atoms with E-state index in [2.05, 4.69) is 53.7 Å². The highest BCUT2D eigenvalue weighted by Gasteiger charge is 2.11. The van der Waals surface area contributed by atoms with Gasteiger partial charge in [0.25, 0.3) is 0 Å². The normalized spacial score (nSPS) is 11.1. The molecule has 3 N–H and O–H groups in total. The minimum absolute atomic E-state index is 0.175. The fourth-order valence-electron chi connectivity index (χ4n) is 2.49. The number of para-hydroxylation sites is 1. The lowest BCUT2D eigenvalue weighted by molar-refractivity contribution is 0.361. The molecular formula is C17H24N10S. The highest BCUT2D eigenvalue weighted by Crippen LogP contribution is 2.22. The van der Waals surface area contributed by atoms with Crippen LogP contribution in [-0.4, -0.2) is 60.7 Å². The van der Waals surface area contributed by atoms with Crippen LogP contribution >= 0.6 is 11.8 Å². The predicted molar refractivity (Wildman–Crippen MR) is 109 cm³/mol. The van der Waals surface area contributed by atoms with Gasteiger partial charge in [0.2, 0.25) is 17.1 Å². The van der Waals surface area contributed by atoms with Gasteiger partial charge < -0.3 is 16.0 Å². The third kappa shape index (κ3) is 5.36. The van der Waals surface area contributed by atoms with Gasteiger partial charge >= 0.3 is 0 Å². The van der Waals surface area contributed by atoms with Crippen molar-refractivity contribution in [3.63, 3.8) is 0 Å². The topological polar surface area (TPSA) is 124 Å². The van der Waals surface area contributed by atoms with Crippen LogP contribution in [0.4, 0.5) is 17.6 Å². The molecule has 0 amide bonds. The van der Waals surface area contributed by atoms with Gasteiger partial charge in [-0.15, -0.1) is 5.10 Å². The van der Waals surface area contributed by atoms with E-state index in [1.54, 1.807) is 4.68 Å². The number of nitrogens with zero attached hydrogens (tertiary/aromatic N) is 8. The molecule has 2 aromatic heterocycles. The van der Waals surface area contributed by atoms with Crippen molar-refractivity contribution in [2.45, 2.75) is 30.8 Å². The average molecular weight is 401 g/mol. The summed E-state index contributed by atoms with van der Waals surface area (Å²) < 4.78 is 1.77. The summed E-state index contributed by atoms with van der Waals surface area (Å²) in [4.78, 5) is 15.0. The molecule has 0 radical (unpaired) electrons. The molecular weight excluding hydrogens is 376 g/mol. The van der Waals surface area contributed by atoms with E-state index in [9.17, 15) is 0 Å². The van der Waals surface area contributed by atoms with Gasteiger partial charge in [-0.3, -0.25) is 0 Å². The number of hydrogen-bond acceptors (Lipinski definition) is 10. The molecule has 0 aliphatic rings. The number of aryl methyl sites for hydroxylation is 1. The fourth-order valence-corrected chi connectivity index (χ4v) is 3.25. The van der Waals surface area contributed by atoms with Crippen LogP contribution < -0.4 is 11.1 Å². The van der Waals surface area contributed by atoms with Gasteiger partial charge in [0.15, 0.2) is 0 Å². The van der Waals surface area contributed by atoms with Crippen LogP contribution in [0.2, 0.25) is 0 Å². The number of rotatable bonds is 9. The lowest BCUT2D eigenvalue weighted by Gasteiger charge is -2.11. The Hall–Kier alpha value is -2.79. The Morgan fingerprint density at radius 1 is 1.18 bits per heavy atom. The second-order valence-corrected chi connectivity index (χ2v) is 7.29. The van der Waals surface area contributed by atoms with Crippen LogP contribution in [0, 0.1) is 0 Å². The zero-order chi connectivity index (χ0) is 19.9. The van der Waals surface area contributed by atoms with Crippen LogP contribution in [0.15, 0.2) is 29.4 Å². The molecule has 0 spiro atoms. The molecule has 10 nitrogen and oxygen atoms in total. The van der Waals surface area contributed by atoms with E-state index in [0.717, 1.165) is 18.7 Å². The van der Waals surface area contributed by atoms with Crippen LogP contribution in [-0.2, 0) is 18.7 Å². The average Bonchev–Trinajstić information content (AvgIpc) is 3.12. The maximum Gasteiger partial charge on any atom is 0.232 e. The van der Waals surface area contributed by atoms with Crippen LogP contribution in [0.25, 0.3) is 0 Å². The fraction of sp³-hybridized carbons (Fsp3) is 0.412. The Morgan fingerprint density at radius 2 is 2.00 bits per heavy atom. The number of nitrogens with one attached hydrogen (secondary N) is 1. The first-order chi connectivity index (χ1) is 13.5. The maximum atomic E-state index is 5.88. The van der Waals surface area contributed by atoms with E-state index in [4.69, 9.17) is 5.73 Å². The number of nitrogen functional groups attached to an aromatic ring is 1. The van der Waals surface area contributed by atoms with E-state index in [0.29, 0.717) is 29.2 Å². The van der Waals surface area contributed by atoms with Crippen molar-refractivity contribution in [1.82, 2.24) is 40.1 Å². The maximum absolute atomic E-state index is 5.88. The minimum Gasteiger partial charge on any atom is -0.368 e. The first kappa shape index (κ1) is 20.0. The molecule has 0 bridgehead atoms. The molecule has 1 aromatic carbocycles. The lowest BCUT2D eigenvalue weighted by atomic mass is 10.1. The largest absolute Gasteiger partial charge is 0.368 e. The molecule has 2 heterocycles. The SMILES string of the molecule is CCc1ccccc1Nc1nc(N)nc(CSc2nnnn2CCN(C)C)n1. The van der Waals surface area contributed by atoms with E-state index in [1.807, 2.05) is 32.3 Å². The predicted octanol–water partition coefficient (Wildman–Crippen LogP) is 1.60. The van der Waals surface area contributed by atoms with Crippen LogP contribution in [0.1, 0.15) is 18.3 Å². The first-order valence-electron chi connectivity index (χ1n) is 8.94. The van der Waals surface area contributed by atoms with Gasteiger partial charge in [-0.25, -0.2) is 4.68 Å². The number of anilines is 3. The molecule has 0 fully saturated rings. The van der Waals surface area contributed by atoms with Crippen LogP contribution in [0.3, 0.4) is 0 Å². The van der Waals surface area contributed by atoms with Crippen molar-refractivity contribution in [1.29, 1.82) is 0 Å². The summed E-state index contributed by atoms with van der Waals surface area (Å²) in [5, 5.41) is 15.8. The van der Waals surface area contributed by atoms with Crippen molar-refractivity contribution in [2.75, 3.05) is 31.7 Å². The minimum atomic E-state index is 0.175. The molecule has 0 saturated heterocycles. The van der Waals surface area contributed by atoms with Crippen LogP contribution in [0.5, 0.6) is 0 Å². The zero-order valence-electron chi connectivity index (χ0n) is 16.2. The Kier molecular flexibility index (Phi) is 6.71. The van der Waals surface area contributed by atoms with Crippen molar-refractivity contribution < 1.29 is 0 Å². The van der Waals surface area contributed by atoms with Crippen molar-refractivity contribution in [2.24, 2.45) is 0 Å². The second kappa shape index (κ2) is 9.42. The second-order valence-electron chi connectivity index (χ2n) is 6.35.